The summed E-state index contributed by atoms with van der Waals surface area (Å²) in [7, 11) is 1.86. The summed E-state index contributed by atoms with van der Waals surface area (Å²) in [6.45, 7) is 5.14. The van der Waals surface area contributed by atoms with E-state index in [1.54, 1.807) is 28.9 Å². The predicted molar refractivity (Wildman–Crippen MR) is 87.6 cm³/mol. The summed E-state index contributed by atoms with van der Waals surface area (Å²) in [6.07, 6.45) is 5.81. The lowest BCUT2D eigenvalue weighted by atomic mass is 10.2. The van der Waals surface area contributed by atoms with Crippen molar-refractivity contribution >= 4 is 23.4 Å². The van der Waals surface area contributed by atoms with Crippen LogP contribution >= 0.6 is 11.8 Å². The summed E-state index contributed by atoms with van der Waals surface area (Å²) >= 11 is 1.76. The van der Waals surface area contributed by atoms with Gasteiger partial charge < -0.3 is 10.2 Å². The second-order valence-electron chi connectivity index (χ2n) is 4.79. The van der Waals surface area contributed by atoms with Crippen molar-refractivity contribution in [3.8, 4) is 0 Å². The van der Waals surface area contributed by atoms with Gasteiger partial charge in [0.05, 0.1) is 11.9 Å². The lowest BCUT2D eigenvalue weighted by molar-refractivity contribution is 0.0738. The maximum Gasteiger partial charge on any atom is 0.272 e. The van der Waals surface area contributed by atoms with Gasteiger partial charge in [0.1, 0.15) is 5.69 Å². The van der Waals surface area contributed by atoms with Crippen LogP contribution in [0.5, 0.6) is 0 Å². The summed E-state index contributed by atoms with van der Waals surface area (Å²) in [5.74, 6) is 0.947. The molecule has 1 aromatic rings. The third kappa shape index (κ3) is 4.71. The van der Waals surface area contributed by atoms with Gasteiger partial charge in [-0.3, -0.25) is 4.79 Å². The van der Waals surface area contributed by atoms with Crippen LogP contribution in [0.3, 0.4) is 0 Å². The Bertz CT molecular complexity index is 408. The van der Waals surface area contributed by atoms with Gasteiger partial charge in [-0.1, -0.05) is 13.8 Å². The van der Waals surface area contributed by atoms with Crippen LogP contribution in [0.2, 0.25) is 0 Å². The third-order valence-corrected chi connectivity index (χ3v) is 3.98. The molecular weight excluding hydrogens is 270 g/mol. The van der Waals surface area contributed by atoms with E-state index in [1.807, 2.05) is 13.1 Å². The average Bonchev–Trinajstić information content (AvgIpc) is 2.49. The Balaban J connectivity index is 2.70. The normalized spacial score (nSPS) is 12.0. The van der Waals surface area contributed by atoms with Crippen molar-refractivity contribution in [1.29, 1.82) is 0 Å². The lowest BCUT2D eigenvalue weighted by Gasteiger charge is -2.26. The number of nitrogens with zero attached hydrogens (tertiary/aromatic N) is 2. The Kier molecular flexibility index (Phi) is 7.44. The van der Waals surface area contributed by atoms with Crippen LogP contribution in [-0.2, 0) is 0 Å². The minimum atomic E-state index is -0.00654. The van der Waals surface area contributed by atoms with E-state index in [4.69, 9.17) is 0 Å². The van der Waals surface area contributed by atoms with E-state index in [-0.39, 0.29) is 11.9 Å². The molecule has 1 amide bonds. The molecule has 1 atom stereocenters. The van der Waals surface area contributed by atoms with Gasteiger partial charge in [0, 0.05) is 25.4 Å². The van der Waals surface area contributed by atoms with E-state index in [0.29, 0.717) is 5.69 Å². The number of hydrogen-bond acceptors (Lipinski definition) is 4. The van der Waals surface area contributed by atoms with E-state index < -0.39 is 0 Å². The van der Waals surface area contributed by atoms with E-state index in [2.05, 4.69) is 30.4 Å². The van der Waals surface area contributed by atoms with Gasteiger partial charge in [-0.2, -0.15) is 11.8 Å². The maximum atomic E-state index is 12.4. The topological polar surface area (TPSA) is 45.2 Å². The van der Waals surface area contributed by atoms with E-state index in [0.717, 1.165) is 30.8 Å². The Morgan fingerprint density at radius 2 is 2.20 bits per heavy atom. The fourth-order valence-electron chi connectivity index (χ4n) is 1.94. The van der Waals surface area contributed by atoms with Crippen molar-refractivity contribution in [3.05, 3.63) is 24.0 Å². The van der Waals surface area contributed by atoms with Gasteiger partial charge in [0.25, 0.3) is 5.91 Å². The first-order chi connectivity index (χ1) is 9.63. The Labute approximate surface area is 126 Å². The molecule has 1 aromatic heterocycles. The van der Waals surface area contributed by atoms with Crippen LogP contribution in [0.15, 0.2) is 18.3 Å². The number of carbonyl (C=O) groups is 1. The van der Waals surface area contributed by atoms with E-state index in [1.165, 1.54) is 0 Å². The molecule has 1 N–H and O–H groups in total. The zero-order valence-electron chi connectivity index (χ0n) is 12.8. The quantitative estimate of drug-likeness (QED) is 0.800. The molecule has 0 spiro atoms. The Morgan fingerprint density at radius 3 is 2.70 bits per heavy atom. The monoisotopic (exact) mass is 295 g/mol. The summed E-state index contributed by atoms with van der Waals surface area (Å²) < 4.78 is 0. The molecule has 0 aliphatic carbocycles. The SMILES string of the molecule is CCCNc1ccc(C(=O)N(C)C(CC)CSC)nc1. The van der Waals surface area contributed by atoms with Crippen LogP contribution in [0.1, 0.15) is 37.2 Å². The van der Waals surface area contributed by atoms with Gasteiger partial charge >= 0.3 is 0 Å². The smallest absolute Gasteiger partial charge is 0.272 e. The molecule has 0 aliphatic heterocycles. The molecule has 0 aromatic carbocycles. The van der Waals surface area contributed by atoms with Gasteiger partial charge in [-0.05, 0) is 31.2 Å². The first-order valence-corrected chi connectivity index (χ1v) is 8.49. The number of pyridine rings is 1. The fraction of sp³-hybridized carbons (Fsp3) is 0.600. The van der Waals surface area contributed by atoms with Crippen molar-refractivity contribution in [2.75, 3.05) is 30.9 Å². The van der Waals surface area contributed by atoms with Crippen molar-refractivity contribution in [2.45, 2.75) is 32.7 Å². The highest BCUT2D eigenvalue weighted by atomic mass is 32.2. The van der Waals surface area contributed by atoms with E-state index >= 15 is 0 Å². The number of nitrogens with one attached hydrogen (secondary N) is 1. The first-order valence-electron chi connectivity index (χ1n) is 7.10. The molecule has 0 radical (unpaired) electrons. The molecular formula is C15H25N3OS. The second kappa shape index (κ2) is 8.84. The largest absolute Gasteiger partial charge is 0.384 e. The molecule has 0 saturated heterocycles. The molecule has 0 bridgehead atoms. The Hall–Kier alpha value is -1.23. The summed E-state index contributed by atoms with van der Waals surface area (Å²) in [4.78, 5) is 18.5. The zero-order valence-corrected chi connectivity index (χ0v) is 13.7. The van der Waals surface area contributed by atoms with Gasteiger partial charge in [-0.25, -0.2) is 4.98 Å². The van der Waals surface area contributed by atoms with Crippen molar-refractivity contribution in [2.24, 2.45) is 0 Å². The molecule has 20 heavy (non-hydrogen) atoms. The van der Waals surface area contributed by atoms with Crippen LogP contribution < -0.4 is 5.32 Å². The van der Waals surface area contributed by atoms with E-state index in [9.17, 15) is 4.79 Å². The number of thioether (sulfide) groups is 1. The molecule has 5 heteroatoms. The predicted octanol–water partition coefficient (Wildman–Crippen LogP) is 3.12. The zero-order chi connectivity index (χ0) is 15.0. The molecule has 0 fully saturated rings. The van der Waals surface area contributed by atoms with Crippen LogP contribution in [-0.4, -0.2) is 47.4 Å². The first kappa shape index (κ1) is 16.8. The molecule has 1 unspecified atom stereocenters. The van der Waals surface area contributed by atoms with Crippen molar-refractivity contribution in [1.82, 2.24) is 9.88 Å². The third-order valence-electron chi connectivity index (χ3n) is 3.26. The van der Waals surface area contributed by atoms with Crippen LogP contribution in [0, 0.1) is 0 Å². The maximum absolute atomic E-state index is 12.4. The average molecular weight is 295 g/mol. The van der Waals surface area contributed by atoms with Crippen LogP contribution in [0.4, 0.5) is 5.69 Å². The van der Waals surface area contributed by atoms with Crippen molar-refractivity contribution in [3.63, 3.8) is 0 Å². The lowest BCUT2D eigenvalue weighted by Crippen LogP contribution is -2.38. The van der Waals surface area contributed by atoms with Crippen molar-refractivity contribution < 1.29 is 4.79 Å². The summed E-state index contributed by atoms with van der Waals surface area (Å²) in [5, 5.41) is 3.25. The summed E-state index contributed by atoms with van der Waals surface area (Å²) in [5.41, 5.74) is 1.47. The molecule has 1 rings (SSSR count). The fourth-order valence-corrected chi connectivity index (χ4v) is 2.78. The standard InChI is InChI=1S/C15H25N3OS/c1-5-9-16-12-7-8-14(17-10-12)15(19)18(3)13(6-2)11-20-4/h7-8,10,13,16H,5-6,9,11H2,1-4H3. The highest BCUT2D eigenvalue weighted by Gasteiger charge is 2.20. The molecule has 0 aliphatic rings. The molecule has 112 valence electrons. The molecule has 4 nitrogen and oxygen atoms in total. The molecule has 1 heterocycles. The minimum Gasteiger partial charge on any atom is -0.384 e. The number of aromatic nitrogens is 1. The van der Waals surface area contributed by atoms with Gasteiger partial charge in [0.15, 0.2) is 0 Å². The number of rotatable bonds is 8. The molecule has 0 saturated carbocycles. The number of amides is 1. The minimum absolute atomic E-state index is 0.00654. The highest BCUT2D eigenvalue weighted by Crippen LogP contribution is 2.13. The number of anilines is 1. The number of hydrogen-bond donors (Lipinski definition) is 1. The Morgan fingerprint density at radius 1 is 1.45 bits per heavy atom. The van der Waals surface area contributed by atoms with Gasteiger partial charge in [0.2, 0.25) is 0 Å². The number of carbonyl (C=O) groups excluding carboxylic acids is 1. The summed E-state index contributed by atoms with van der Waals surface area (Å²) in [6, 6.07) is 3.97. The highest BCUT2D eigenvalue weighted by molar-refractivity contribution is 7.98. The van der Waals surface area contributed by atoms with Crippen LogP contribution in [0.25, 0.3) is 0 Å². The second-order valence-corrected chi connectivity index (χ2v) is 5.70. The van der Waals surface area contributed by atoms with Gasteiger partial charge in [-0.15, -0.1) is 0 Å².